The average molecular weight is 221 g/mol. The molecule has 0 aromatic carbocycles. The van der Waals surface area contributed by atoms with Crippen LogP contribution in [-0.4, -0.2) is 57.7 Å². The van der Waals surface area contributed by atoms with Crippen molar-refractivity contribution in [1.29, 1.82) is 0 Å². The van der Waals surface area contributed by atoms with E-state index < -0.39 is 9.84 Å². The van der Waals surface area contributed by atoms with Gasteiger partial charge in [0.05, 0.1) is 18.5 Å². The summed E-state index contributed by atoms with van der Waals surface area (Å²) in [5.74, 6) is 0. The molecule has 0 spiro atoms. The van der Waals surface area contributed by atoms with E-state index in [0.717, 1.165) is 39.3 Å². The van der Waals surface area contributed by atoms with Crippen molar-refractivity contribution in [1.82, 2.24) is 4.90 Å². The number of hydrogen-bond donors (Lipinski definition) is 0. The molecule has 4 nitrogen and oxygen atoms in total. The van der Waals surface area contributed by atoms with Crippen LogP contribution < -0.4 is 0 Å². The standard InChI is InChI=1S/C9H19NO3S/c1-9(14(2,11)12)3-4-10-5-7-13-8-6-10/h9H,3-8H2,1-2H3. The second-order valence-electron chi connectivity index (χ2n) is 3.88. The Kier molecular flexibility index (Phi) is 4.34. The van der Waals surface area contributed by atoms with Crippen LogP contribution in [0, 0.1) is 0 Å². The molecular formula is C9H19NO3S. The number of rotatable bonds is 4. The fourth-order valence-electron chi connectivity index (χ4n) is 1.40. The molecule has 0 aromatic rings. The summed E-state index contributed by atoms with van der Waals surface area (Å²) >= 11 is 0. The summed E-state index contributed by atoms with van der Waals surface area (Å²) in [6.07, 6.45) is 2.02. The van der Waals surface area contributed by atoms with Crippen LogP contribution in [0.15, 0.2) is 0 Å². The van der Waals surface area contributed by atoms with Crippen molar-refractivity contribution in [3.63, 3.8) is 0 Å². The van der Waals surface area contributed by atoms with E-state index in [2.05, 4.69) is 4.90 Å². The van der Waals surface area contributed by atoms with Gasteiger partial charge in [-0.3, -0.25) is 4.90 Å². The lowest BCUT2D eigenvalue weighted by molar-refractivity contribution is 0.0374. The monoisotopic (exact) mass is 221 g/mol. The first kappa shape index (κ1) is 11.9. The van der Waals surface area contributed by atoms with Gasteiger partial charge >= 0.3 is 0 Å². The second-order valence-corrected chi connectivity index (χ2v) is 6.35. The van der Waals surface area contributed by atoms with Gasteiger partial charge in [-0.1, -0.05) is 0 Å². The van der Waals surface area contributed by atoms with Gasteiger partial charge in [0, 0.05) is 19.3 Å². The molecule has 0 aromatic heterocycles. The molecule has 1 aliphatic rings. The van der Waals surface area contributed by atoms with E-state index in [1.54, 1.807) is 6.92 Å². The van der Waals surface area contributed by atoms with Gasteiger partial charge in [-0.05, 0) is 19.9 Å². The molecule has 14 heavy (non-hydrogen) atoms. The Morgan fingerprint density at radius 2 is 1.93 bits per heavy atom. The fraction of sp³-hybridized carbons (Fsp3) is 1.00. The van der Waals surface area contributed by atoms with Gasteiger partial charge in [0.25, 0.3) is 0 Å². The van der Waals surface area contributed by atoms with E-state index in [9.17, 15) is 8.42 Å². The van der Waals surface area contributed by atoms with E-state index in [1.807, 2.05) is 0 Å². The highest BCUT2D eigenvalue weighted by Crippen LogP contribution is 2.06. The number of morpholine rings is 1. The number of sulfone groups is 1. The summed E-state index contributed by atoms with van der Waals surface area (Å²) in [6, 6.07) is 0. The smallest absolute Gasteiger partial charge is 0.150 e. The molecule has 1 atom stereocenters. The molecule has 5 heteroatoms. The highest BCUT2D eigenvalue weighted by atomic mass is 32.2. The van der Waals surface area contributed by atoms with Gasteiger partial charge in [-0.2, -0.15) is 0 Å². The molecule has 1 saturated heterocycles. The highest BCUT2D eigenvalue weighted by Gasteiger charge is 2.17. The van der Waals surface area contributed by atoms with Crippen molar-refractivity contribution in [2.75, 3.05) is 39.1 Å². The van der Waals surface area contributed by atoms with Gasteiger partial charge < -0.3 is 4.74 Å². The first-order valence-corrected chi connectivity index (χ1v) is 6.94. The minimum atomic E-state index is -2.86. The van der Waals surface area contributed by atoms with Gasteiger partial charge in [-0.25, -0.2) is 8.42 Å². The van der Waals surface area contributed by atoms with Crippen molar-refractivity contribution >= 4 is 9.84 Å². The zero-order valence-electron chi connectivity index (χ0n) is 8.90. The van der Waals surface area contributed by atoms with E-state index in [0.29, 0.717) is 0 Å². The summed E-state index contributed by atoms with van der Waals surface area (Å²) in [4.78, 5) is 2.26. The third-order valence-electron chi connectivity index (χ3n) is 2.69. The van der Waals surface area contributed by atoms with Gasteiger partial charge in [0.2, 0.25) is 0 Å². The Labute approximate surface area is 86.2 Å². The van der Waals surface area contributed by atoms with Crippen molar-refractivity contribution < 1.29 is 13.2 Å². The first-order chi connectivity index (χ1) is 6.50. The summed E-state index contributed by atoms with van der Waals surface area (Å²) in [6.45, 7) is 6.03. The zero-order valence-corrected chi connectivity index (χ0v) is 9.72. The lowest BCUT2D eigenvalue weighted by atomic mass is 10.3. The Hall–Kier alpha value is -0.130. The molecule has 0 aliphatic carbocycles. The molecule has 1 rings (SSSR count). The van der Waals surface area contributed by atoms with Crippen molar-refractivity contribution in [3.05, 3.63) is 0 Å². The quantitative estimate of drug-likeness (QED) is 0.677. The van der Waals surface area contributed by atoms with E-state index in [-0.39, 0.29) is 5.25 Å². The largest absolute Gasteiger partial charge is 0.379 e. The predicted molar refractivity (Wildman–Crippen MR) is 56.2 cm³/mol. The maximum Gasteiger partial charge on any atom is 0.150 e. The van der Waals surface area contributed by atoms with E-state index in [4.69, 9.17) is 4.74 Å². The second kappa shape index (κ2) is 5.09. The normalized spacial score (nSPS) is 22.1. The maximum absolute atomic E-state index is 11.2. The van der Waals surface area contributed by atoms with Crippen LogP contribution in [0.3, 0.4) is 0 Å². The van der Waals surface area contributed by atoms with Crippen LogP contribution in [0.1, 0.15) is 13.3 Å². The minimum absolute atomic E-state index is 0.231. The minimum Gasteiger partial charge on any atom is -0.379 e. The van der Waals surface area contributed by atoms with Gasteiger partial charge in [0.1, 0.15) is 9.84 Å². The molecule has 0 bridgehead atoms. The number of ether oxygens (including phenoxy) is 1. The molecule has 0 saturated carbocycles. The molecule has 1 aliphatic heterocycles. The van der Waals surface area contributed by atoms with Crippen LogP contribution in [0.5, 0.6) is 0 Å². The van der Waals surface area contributed by atoms with Gasteiger partial charge in [-0.15, -0.1) is 0 Å². The van der Waals surface area contributed by atoms with Crippen LogP contribution >= 0.6 is 0 Å². The van der Waals surface area contributed by atoms with Crippen molar-refractivity contribution in [2.45, 2.75) is 18.6 Å². The Morgan fingerprint density at radius 3 is 2.43 bits per heavy atom. The van der Waals surface area contributed by atoms with E-state index >= 15 is 0 Å². The maximum atomic E-state index is 11.2. The summed E-state index contributed by atoms with van der Waals surface area (Å²) < 4.78 is 27.5. The lowest BCUT2D eigenvalue weighted by Gasteiger charge is -2.27. The van der Waals surface area contributed by atoms with E-state index in [1.165, 1.54) is 6.26 Å². The van der Waals surface area contributed by atoms with Crippen LogP contribution in [0.4, 0.5) is 0 Å². The highest BCUT2D eigenvalue weighted by molar-refractivity contribution is 7.91. The Balaban J connectivity index is 2.25. The Morgan fingerprint density at radius 1 is 1.36 bits per heavy atom. The average Bonchev–Trinajstić information content (AvgIpc) is 2.14. The summed E-state index contributed by atoms with van der Waals surface area (Å²) in [5.41, 5.74) is 0. The van der Waals surface area contributed by atoms with Crippen LogP contribution in [-0.2, 0) is 14.6 Å². The third kappa shape index (κ3) is 3.94. The molecule has 0 N–H and O–H groups in total. The van der Waals surface area contributed by atoms with Crippen molar-refractivity contribution in [3.8, 4) is 0 Å². The topological polar surface area (TPSA) is 46.6 Å². The number of nitrogens with zero attached hydrogens (tertiary/aromatic N) is 1. The van der Waals surface area contributed by atoms with Gasteiger partial charge in [0.15, 0.2) is 0 Å². The molecular weight excluding hydrogens is 202 g/mol. The van der Waals surface area contributed by atoms with Crippen LogP contribution in [0.25, 0.3) is 0 Å². The molecule has 84 valence electrons. The molecule has 0 radical (unpaired) electrons. The van der Waals surface area contributed by atoms with Crippen LogP contribution in [0.2, 0.25) is 0 Å². The van der Waals surface area contributed by atoms with Crippen molar-refractivity contribution in [2.24, 2.45) is 0 Å². The fourth-order valence-corrected chi connectivity index (χ4v) is 1.94. The predicted octanol–water partition coefficient (Wildman–Crippen LogP) is 0.142. The Bertz CT molecular complexity index is 257. The third-order valence-corrected chi connectivity index (χ3v) is 4.38. The molecule has 1 fully saturated rings. The summed E-state index contributed by atoms with van der Waals surface area (Å²) in [7, 11) is -2.86. The number of hydrogen-bond acceptors (Lipinski definition) is 4. The SMILES string of the molecule is CC(CCN1CCOCC1)S(C)(=O)=O. The first-order valence-electron chi connectivity index (χ1n) is 4.99. The molecule has 1 heterocycles. The lowest BCUT2D eigenvalue weighted by Crippen LogP contribution is -2.38. The summed E-state index contributed by atoms with van der Waals surface area (Å²) in [5, 5.41) is -0.231. The molecule has 1 unspecified atom stereocenters. The molecule has 0 amide bonds. The zero-order chi connectivity index (χ0) is 10.6.